The first kappa shape index (κ1) is 24.0. The lowest BCUT2D eigenvalue weighted by Crippen LogP contribution is -2.36. The average Bonchev–Trinajstić information content (AvgIpc) is 2.71. The normalized spacial score (nSPS) is 10.8. The lowest BCUT2D eigenvalue weighted by atomic mass is 10.2. The van der Waals surface area contributed by atoms with Gasteiger partial charge in [-0.25, -0.2) is 4.99 Å². The van der Waals surface area contributed by atoms with Crippen molar-refractivity contribution in [3.63, 3.8) is 0 Å². The smallest absolute Gasteiger partial charge is 0.191 e. The van der Waals surface area contributed by atoms with E-state index in [1.165, 1.54) is 0 Å². The summed E-state index contributed by atoms with van der Waals surface area (Å²) in [4.78, 5) is 4.64. The molecular weight excluding hydrogens is 469 g/mol. The molecule has 28 heavy (non-hydrogen) atoms. The zero-order chi connectivity index (χ0) is 19.3. The summed E-state index contributed by atoms with van der Waals surface area (Å²) in [5.74, 6) is 2.48. The van der Waals surface area contributed by atoms with Crippen molar-refractivity contribution >= 4 is 29.9 Å². The Kier molecular flexibility index (Phi) is 12.1. The maximum Gasteiger partial charge on any atom is 0.191 e. The second kappa shape index (κ2) is 14.1. The first-order valence-corrected chi connectivity index (χ1v) is 9.11. The molecule has 154 valence electrons. The van der Waals surface area contributed by atoms with Gasteiger partial charge in [0.05, 0.1) is 20.3 Å². The number of aliphatic imine (C=N–C) groups is 1. The second-order valence-corrected chi connectivity index (χ2v) is 5.88. The molecule has 6 nitrogen and oxygen atoms in total. The summed E-state index contributed by atoms with van der Waals surface area (Å²) in [6.07, 6.45) is 0. The van der Waals surface area contributed by atoms with E-state index in [9.17, 15) is 0 Å². The van der Waals surface area contributed by atoms with E-state index in [1.54, 1.807) is 14.2 Å². The van der Waals surface area contributed by atoms with Gasteiger partial charge in [0.2, 0.25) is 0 Å². The number of rotatable bonds is 10. The Morgan fingerprint density at radius 1 is 0.857 bits per heavy atom. The van der Waals surface area contributed by atoms with Crippen LogP contribution in [0.3, 0.4) is 0 Å². The number of benzene rings is 2. The van der Waals surface area contributed by atoms with Crippen molar-refractivity contribution in [2.45, 2.75) is 20.0 Å². The van der Waals surface area contributed by atoms with Crippen molar-refractivity contribution in [2.75, 3.05) is 34.0 Å². The van der Waals surface area contributed by atoms with Crippen LogP contribution in [0.5, 0.6) is 11.5 Å². The molecule has 2 aromatic carbocycles. The minimum atomic E-state index is 0. The van der Waals surface area contributed by atoms with Gasteiger partial charge in [-0.3, -0.25) is 0 Å². The zero-order valence-corrected chi connectivity index (χ0v) is 19.1. The molecule has 0 unspecified atom stereocenters. The first-order chi connectivity index (χ1) is 13.2. The molecular formula is C21H30IN3O3. The van der Waals surface area contributed by atoms with Gasteiger partial charge in [-0.2, -0.15) is 0 Å². The fourth-order valence-electron chi connectivity index (χ4n) is 2.38. The molecule has 0 aliphatic heterocycles. The largest absolute Gasteiger partial charge is 0.497 e. The van der Waals surface area contributed by atoms with Gasteiger partial charge < -0.3 is 24.8 Å². The molecule has 0 aliphatic rings. The van der Waals surface area contributed by atoms with Crippen LogP contribution in [0.2, 0.25) is 0 Å². The molecule has 0 bridgehead atoms. The van der Waals surface area contributed by atoms with Gasteiger partial charge in [0.15, 0.2) is 5.96 Å². The van der Waals surface area contributed by atoms with Crippen molar-refractivity contribution in [2.24, 2.45) is 4.99 Å². The van der Waals surface area contributed by atoms with Crippen LogP contribution in [-0.4, -0.2) is 39.9 Å². The summed E-state index contributed by atoms with van der Waals surface area (Å²) < 4.78 is 15.7. The quantitative estimate of drug-likeness (QED) is 0.227. The van der Waals surface area contributed by atoms with Gasteiger partial charge in [0.1, 0.15) is 18.1 Å². The molecule has 0 spiro atoms. The molecule has 0 aliphatic carbocycles. The van der Waals surface area contributed by atoms with E-state index >= 15 is 0 Å². The highest BCUT2D eigenvalue weighted by Gasteiger charge is 2.00. The van der Waals surface area contributed by atoms with Crippen molar-refractivity contribution in [1.82, 2.24) is 10.6 Å². The summed E-state index contributed by atoms with van der Waals surface area (Å²) in [5, 5.41) is 6.62. The third-order valence-corrected chi connectivity index (χ3v) is 3.86. The van der Waals surface area contributed by atoms with Crippen molar-refractivity contribution in [1.29, 1.82) is 0 Å². The van der Waals surface area contributed by atoms with Crippen molar-refractivity contribution in [3.8, 4) is 11.5 Å². The number of hydrogen-bond donors (Lipinski definition) is 2. The standard InChI is InChI=1S/C21H29N3O3.HI/c1-4-22-21(23-15-17-5-9-19(26-3)10-6-17)24-16-18-7-11-20(12-8-18)27-14-13-25-2;/h5-12H,4,13-16H2,1-3H3,(H2,22,23,24);1H. The highest BCUT2D eigenvalue weighted by atomic mass is 127. The molecule has 0 amide bonds. The van der Waals surface area contributed by atoms with Gasteiger partial charge in [0, 0.05) is 20.2 Å². The molecule has 0 saturated carbocycles. The number of methoxy groups -OCH3 is 2. The van der Waals surface area contributed by atoms with Crippen molar-refractivity contribution in [3.05, 3.63) is 59.7 Å². The Hall–Kier alpha value is -2.00. The monoisotopic (exact) mass is 499 g/mol. The number of hydrogen-bond acceptors (Lipinski definition) is 4. The van der Waals surface area contributed by atoms with Crippen LogP contribution in [0.15, 0.2) is 53.5 Å². The number of halogens is 1. The van der Waals surface area contributed by atoms with E-state index in [0.717, 1.165) is 35.1 Å². The Bertz CT molecular complexity index is 691. The molecule has 0 fully saturated rings. The van der Waals surface area contributed by atoms with Crippen LogP contribution in [0.1, 0.15) is 18.1 Å². The maximum absolute atomic E-state index is 5.58. The molecule has 0 atom stereocenters. The van der Waals surface area contributed by atoms with Crippen LogP contribution in [0.25, 0.3) is 0 Å². The topological polar surface area (TPSA) is 64.1 Å². The van der Waals surface area contributed by atoms with E-state index in [2.05, 4.69) is 22.5 Å². The van der Waals surface area contributed by atoms with E-state index in [4.69, 9.17) is 14.2 Å². The van der Waals surface area contributed by atoms with E-state index in [0.29, 0.717) is 26.3 Å². The molecule has 0 radical (unpaired) electrons. The third kappa shape index (κ3) is 8.79. The fourth-order valence-corrected chi connectivity index (χ4v) is 2.38. The lowest BCUT2D eigenvalue weighted by Gasteiger charge is -2.12. The van der Waals surface area contributed by atoms with Gasteiger partial charge >= 0.3 is 0 Å². The molecule has 2 N–H and O–H groups in total. The van der Waals surface area contributed by atoms with Gasteiger partial charge in [-0.15, -0.1) is 24.0 Å². The fraction of sp³-hybridized carbons (Fsp3) is 0.381. The zero-order valence-electron chi connectivity index (χ0n) is 16.7. The predicted molar refractivity (Wildman–Crippen MR) is 124 cm³/mol. The Labute approximate surface area is 184 Å². The summed E-state index contributed by atoms with van der Waals surface area (Å²) >= 11 is 0. The molecule has 2 rings (SSSR count). The Balaban J connectivity index is 0.00000392. The maximum atomic E-state index is 5.58. The lowest BCUT2D eigenvalue weighted by molar-refractivity contribution is 0.146. The number of nitrogens with zero attached hydrogens (tertiary/aromatic N) is 1. The van der Waals surface area contributed by atoms with Crippen LogP contribution in [-0.2, 0) is 17.8 Å². The molecule has 0 aromatic heterocycles. The van der Waals surface area contributed by atoms with E-state index < -0.39 is 0 Å². The number of nitrogens with one attached hydrogen (secondary N) is 2. The molecule has 2 aromatic rings. The molecule has 0 heterocycles. The molecule has 7 heteroatoms. The minimum absolute atomic E-state index is 0. The summed E-state index contributed by atoms with van der Waals surface area (Å²) in [6.45, 7) is 5.28. The van der Waals surface area contributed by atoms with E-state index in [-0.39, 0.29) is 24.0 Å². The highest BCUT2D eigenvalue weighted by molar-refractivity contribution is 14.0. The number of ether oxygens (including phenoxy) is 3. The van der Waals surface area contributed by atoms with Crippen LogP contribution in [0, 0.1) is 0 Å². The minimum Gasteiger partial charge on any atom is -0.497 e. The summed E-state index contributed by atoms with van der Waals surface area (Å²) in [5.41, 5.74) is 2.29. The van der Waals surface area contributed by atoms with Gasteiger partial charge in [-0.05, 0) is 42.3 Å². The van der Waals surface area contributed by atoms with E-state index in [1.807, 2.05) is 48.5 Å². The van der Waals surface area contributed by atoms with Crippen LogP contribution >= 0.6 is 24.0 Å². The first-order valence-electron chi connectivity index (χ1n) is 9.11. The van der Waals surface area contributed by atoms with Crippen LogP contribution in [0.4, 0.5) is 0 Å². The Morgan fingerprint density at radius 2 is 1.50 bits per heavy atom. The third-order valence-electron chi connectivity index (χ3n) is 3.86. The summed E-state index contributed by atoms with van der Waals surface area (Å²) in [6, 6.07) is 16.0. The Morgan fingerprint density at radius 3 is 2.11 bits per heavy atom. The SMILES string of the molecule is CCNC(=NCc1ccc(OC)cc1)NCc1ccc(OCCOC)cc1.I. The van der Waals surface area contributed by atoms with Crippen LogP contribution < -0.4 is 20.1 Å². The van der Waals surface area contributed by atoms with Gasteiger partial charge in [-0.1, -0.05) is 24.3 Å². The van der Waals surface area contributed by atoms with Crippen molar-refractivity contribution < 1.29 is 14.2 Å². The highest BCUT2D eigenvalue weighted by Crippen LogP contribution is 2.13. The predicted octanol–water partition coefficient (Wildman–Crippen LogP) is 3.59. The van der Waals surface area contributed by atoms with Gasteiger partial charge in [0.25, 0.3) is 0 Å². The second-order valence-electron chi connectivity index (χ2n) is 5.88. The average molecular weight is 499 g/mol. The number of guanidine groups is 1. The summed E-state index contributed by atoms with van der Waals surface area (Å²) in [7, 11) is 3.33. The molecule has 0 saturated heterocycles.